The molecular formula is C7H9ClF3N3. The quantitative estimate of drug-likeness (QED) is 0.840. The largest absolute Gasteiger partial charge is 0.391 e. The van der Waals surface area contributed by atoms with Gasteiger partial charge in [0.05, 0.1) is 18.7 Å². The van der Waals surface area contributed by atoms with Crippen LogP contribution in [0.5, 0.6) is 0 Å². The van der Waals surface area contributed by atoms with E-state index in [1.807, 2.05) is 0 Å². The lowest BCUT2D eigenvalue weighted by Gasteiger charge is -2.13. The first-order valence-corrected chi connectivity index (χ1v) is 4.18. The fourth-order valence-corrected chi connectivity index (χ4v) is 1.22. The first-order valence-electron chi connectivity index (χ1n) is 3.80. The van der Waals surface area contributed by atoms with Gasteiger partial charge in [-0.2, -0.15) is 13.2 Å². The molecule has 1 aromatic rings. The summed E-state index contributed by atoms with van der Waals surface area (Å²) < 4.78 is 37.3. The average molecular weight is 228 g/mol. The van der Waals surface area contributed by atoms with Crippen LogP contribution in [0.3, 0.4) is 0 Å². The zero-order chi connectivity index (χ0) is 10.9. The molecule has 80 valence electrons. The van der Waals surface area contributed by atoms with Gasteiger partial charge >= 0.3 is 6.18 Å². The van der Waals surface area contributed by atoms with E-state index in [-0.39, 0.29) is 11.0 Å². The van der Waals surface area contributed by atoms with Gasteiger partial charge in [0.25, 0.3) is 0 Å². The van der Waals surface area contributed by atoms with Crippen molar-refractivity contribution in [1.82, 2.24) is 9.55 Å². The van der Waals surface area contributed by atoms with Crippen LogP contribution in [0.4, 0.5) is 13.2 Å². The van der Waals surface area contributed by atoms with Crippen molar-refractivity contribution in [2.75, 3.05) is 0 Å². The molecule has 0 aliphatic rings. The minimum Gasteiger partial charge on any atom is -0.321 e. The van der Waals surface area contributed by atoms with E-state index in [0.29, 0.717) is 0 Å². The van der Waals surface area contributed by atoms with Gasteiger partial charge in [0.1, 0.15) is 11.0 Å². The number of alkyl halides is 3. The maximum Gasteiger partial charge on any atom is 0.391 e. The SMILES string of the molecule is Cn1c(Cl)cnc1C(N)CC(F)(F)F. The second kappa shape index (κ2) is 3.78. The summed E-state index contributed by atoms with van der Waals surface area (Å²) in [6.07, 6.45) is -4.13. The van der Waals surface area contributed by atoms with E-state index in [4.69, 9.17) is 17.3 Å². The molecule has 7 heteroatoms. The standard InChI is InChI=1S/C7H9ClF3N3/c1-14-5(8)3-13-6(14)4(12)2-7(9,10)11/h3-4H,2,12H2,1H3. The van der Waals surface area contributed by atoms with E-state index in [1.165, 1.54) is 17.8 Å². The summed E-state index contributed by atoms with van der Waals surface area (Å²) in [6, 6.07) is -1.17. The smallest absolute Gasteiger partial charge is 0.321 e. The number of hydrogen-bond acceptors (Lipinski definition) is 2. The lowest BCUT2D eigenvalue weighted by molar-refractivity contribution is -0.139. The Morgan fingerprint density at radius 2 is 2.21 bits per heavy atom. The van der Waals surface area contributed by atoms with Crippen LogP contribution >= 0.6 is 11.6 Å². The highest BCUT2D eigenvalue weighted by Crippen LogP contribution is 2.27. The van der Waals surface area contributed by atoms with Gasteiger partial charge in [-0.25, -0.2) is 4.98 Å². The van der Waals surface area contributed by atoms with Gasteiger partial charge in [0.15, 0.2) is 0 Å². The number of nitrogens with two attached hydrogens (primary N) is 1. The van der Waals surface area contributed by atoms with Crippen LogP contribution in [0.2, 0.25) is 5.15 Å². The highest BCUT2D eigenvalue weighted by atomic mass is 35.5. The van der Waals surface area contributed by atoms with Gasteiger partial charge < -0.3 is 10.3 Å². The topological polar surface area (TPSA) is 43.8 Å². The molecule has 1 unspecified atom stereocenters. The lowest BCUT2D eigenvalue weighted by Crippen LogP contribution is -2.22. The first-order chi connectivity index (χ1) is 6.31. The van der Waals surface area contributed by atoms with E-state index in [9.17, 15) is 13.2 Å². The van der Waals surface area contributed by atoms with Crippen LogP contribution in [0.1, 0.15) is 18.3 Å². The predicted octanol–water partition coefficient (Wildman–Crippen LogP) is 2.03. The summed E-state index contributed by atoms with van der Waals surface area (Å²) in [5.74, 6) is 0.132. The van der Waals surface area contributed by atoms with Crippen LogP contribution in [0.25, 0.3) is 0 Å². The molecule has 0 bridgehead atoms. The molecule has 3 nitrogen and oxygen atoms in total. The lowest BCUT2D eigenvalue weighted by atomic mass is 10.2. The van der Waals surface area contributed by atoms with E-state index >= 15 is 0 Å². The van der Waals surface area contributed by atoms with Gasteiger partial charge in [-0.05, 0) is 0 Å². The Morgan fingerprint density at radius 1 is 1.64 bits per heavy atom. The summed E-state index contributed by atoms with van der Waals surface area (Å²) in [7, 11) is 1.51. The molecule has 0 aromatic carbocycles. The van der Waals surface area contributed by atoms with Gasteiger partial charge in [-0.1, -0.05) is 11.6 Å². The average Bonchev–Trinajstić information content (AvgIpc) is 2.29. The molecule has 0 radical (unpaired) electrons. The second-order valence-electron chi connectivity index (χ2n) is 2.92. The van der Waals surface area contributed by atoms with Crippen molar-refractivity contribution in [3.63, 3.8) is 0 Å². The van der Waals surface area contributed by atoms with Crippen molar-refractivity contribution in [2.24, 2.45) is 12.8 Å². The minimum absolute atomic E-state index is 0.132. The Balaban J connectivity index is 2.80. The number of hydrogen-bond donors (Lipinski definition) is 1. The Labute approximate surface area is 83.7 Å². The normalized spacial score (nSPS) is 14.4. The van der Waals surface area contributed by atoms with Crippen LogP contribution in [0.15, 0.2) is 6.20 Å². The number of halogens is 4. The highest BCUT2D eigenvalue weighted by molar-refractivity contribution is 6.29. The summed E-state index contributed by atoms with van der Waals surface area (Å²) >= 11 is 5.61. The van der Waals surface area contributed by atoms with Gasteiger partial charge in [0.2, 0.25) is 0 Å². The van der Waals surface area contributed by atoms with Crippen molar-refractivity contribution in [2.45, 2.75) is 18.6 Å². The number of rotatable bonds is 2. The van der Waals surface area contributed by atoms with Gasteiger partial charge in [-0.3, -0.25) is 0 Å². The molecule has 1 aromatic heterocycles. The molecule has 0 spiro atoms. The van der Waals surface area contributed by atoms with Gasteiger partial charge in [-0.15, -0.1) is 0 Å². The molecule has 0 saturated heterocycles. The molecule has 0 amide bonds. The monoisotopic (exact) mass is 227 g/mol. The molecular weight excluding hydrogens is 219 g/mol. The zero-order valence-electron chi connectivity index (χ0n) is 7.35. The molecule has 0 aliphatic heterocycles. The van der Waals surface area contributed by atoms with Gasteiger partial charge in [0, 0.05) is 7.05 Å². The molecule has 0 aliphatic carbocycles. The molecule has 1 atom stereocenters. The number of aromatic nitrogens is 2. The van der Waals surface area contributed by atoms with Crippen LogP contribution < -0.4 is 5.73 Å². The Morgan fingerprint density at radius 3 is 2.57 bits per heavy atom. The Bertz CT molecular complexity index is 320. The van der Waals surface area contributed by atoms with Crippen molar-refractivity contribution in [3.8, 4) is 0 Å². The molecule has 14 heavy (non-hydrogen) atoms. The van der Waals surface area contributed by atoms with E-state index < -0.39 is 18.6 Å². The summed E-state index contributed by atoms with van der Waals surface area (Å²) in [4.78, 5) is 3.71. The van der Waals surface area contributed by atoms with Crippen molar-refractivity contribution >= 4 is 11.6 Å². The maximum absolute atomic E-state index is 12.0. The van der Waals surface area contributed by atoms with Crippen LogP contribution in [0, 0.1) is 0 Å². The van der Waals surface area contributed by atoms with E-state index in [1.54, 1.807) is 0 Å². The third-order valence-electron chi connectivity index (χ3n) is 1.75. The predicted molar refractivity (Wildman–Crippen MR) is 45.8 cm³/mol. The molecule has 0 saturated carbocycles. The third kappa shape index (κ3) is 2.62. The minimum atomic E-state index is -4.29. The molecule has 1 rings (SSSR count). The number of imidazole rings is 1. The molecule has 2 N–H and O–H groups in total. The summed E-state index contributed by atoms with van der Waals surface area (Å²) in [5.41, 5.74) is 5.33. The highest BCUT2D eigenvalue weighted by Gasteiger charge is 2.32. The third-order valence-corrected chi connectivity index (χ3v) is 2.10. The van der Waals surface area contributed by atoms with E-state index in [0.717, 1.165) is 0 Å². The van der Waals surface area contributed by atoms with E-state index in [2.05, 4.69) is 4.98 Å². The molecule has 0 fully saturated rings. The second-order valence-corrected chi connectivity index (χ2v) is 3.31. The Hall–Kier alpha value is -0.750. The summed E-state index contributed by atoms with van der Waals surface area (Å²) in [6.45, 7) is 0. The summed E-state index contributed by atoms with van der Waals surface area (Å²) in [5, 5.41) is 0.262. The fourth-order valence-electron chi connectivity index (χ4n) is 1.09. The Kier molecular flexibility index (Phi) is 3.06. The van der Waals surface area contributed by atoms with Crippen LogP contribution in [-0.2, 0) is 7.05 Å². The fraction of sp³-hybridized carbons (Fsp3) is 0.571. The van der Waals surface area contributed by atoms with Crippen molar-refractivity contribution in [3.05, 3.63) is 17.2 Å². The first kappa shape index (κ1) is 11.3. The molecule has 1 heterocycles. The van der Waals surface area contributed by atoms with Crippen molar-refractivity contribution < 1.29 is 13.2 Å². The zero-order valence-corrected chi connectivity index (χ0v) is 8.10. The van der Waals surface area contributed by atoms with Crippen molar-refractivity contribution in [1.29, 1.82) is 0 Å². The number of nitrogens with zero attached hydrogens (tertiary/aromatic N) is 2. The van der Waals surface area contributed by atoms with Crippen LogP contribution in [-0.4, -0.2) is 15.7 Å². The maximum atomic E-state index is 12.0.